The molecule has 1 aromatic carbocycles. The molecule has 0 aliphatic carbocycles. The number of benzene rings is 1. The van der Waals surface area contributed by atoms with Gasteiger partial charge >= 0.3 is 0 Å². The van der Waals surface area contributed by atoms with Crippen molar-refractivity contribution < 1.29 is 0 Å². The van der Waals surface area contributed by atoms with Gasteiger partial charge in [-0.15, -0.1) is 5.10 Å². The van der Waals surface area contributed by atoms with Crippen molar-refractivity contribution in [1.29, 1.82) is 0 Å². The first kappa shape index (κ1) is 10.5. The number of H-pyrrole nitrogens is 1. The summed E-state index contributed by atoms with van der Waals surface area (Å²) in [6.45, 7) is 0. The van der Waals surface area contributed by atoms with Gasteiger partial charge in [-0.3, -0.25) is 13.8 Å². The molecule has 0 unspecified atom stereocenters. The average molecular weight is 267 g/mol. The minimum absolute atomic E-state index is 0.127. The Hall–Kier alpha value is -1.66. The van der Waals surface area contributed by atoms with E-state index in [1.807, 2.05) is 0 Å². The van der Waals surface area contributed by atoms with E-state index in [1.54, 1.807) is 29.6 Å². The number of halogens is 1. The predicted molar refractivity (Wildman–Crippen MR) is 68.1 cm³/mol. The zero-order valence-corrected chi connectivity index (χ0v) is 10.3. The van der Waals surface area contributed by atoms with Crippen LogP contribution in [-0.4, -0.2) is 19.2 Å². The molecule has 0 radical (unpaired) electrons. The zero-order chi connectivity index (χ0) is 12.2. The first-order chi connectivity index (χ1) is 8.09. The third-order valence-electron chi connectivity index (χ3n) is 2.69. The summed E-state index contributed by atoms with van der Waals surface area (Å²) in [7, 11) is 1.65. The summed E-state index contributed by atoms with van der Waals surface area (Å²) in [5.74, 6) is 0.467. The molecule has 0 fully saturated rings. The Morgan fingerprint density at radius 2 is 2.24 bits per heavy atom. The number of aromatic amines is 1. The maximum atomic E-state index is 12.1. The molecular weight excluding hydrogens is 260 g/mol. The molecule has 2 heterocycles. The van der Waals surface area contributed by atoms with Crippen LogP contribution in [0.5, 0.6) is 0 Å². The minimum atomic E-state index is -0.127. The third-order valence-corrected chi connectivity index (χ3v) is 3.20. The van der Waals surface area contributed by atoms with Crippen molar-refractivity contribution in [3.63, 3.8) is 0 Å². The first-order valence-corrected chi connectivity index (χ1v) is 5.63. The fraction of sp³-hybridized carbons (Fsp3) is 0.100. The van der Waals surface area contributed by atoms with Crippen LogP contribution in [0.2, 0.25) is 5.02 Å². The molecule has 0 aliphatic heterocycles. The summed E-state index contributed by atoms with van der Waals surface area (Å²) in [5.41, 5.74) is 0.535. The summed E-state index contributed by atoms with van der Waals surface area (Å²) in [6.07, 6.45) is 0. The van der Waals surface area contributed by atoms with Gasteiger partial charge in [-0.1, -0.05) is 11.6 Å². The van der Waals surface area contributed by atoms with E-state index in [4.69, 9.17) is 23.8 Å². The van der Waals surface area contributed by atoms with Crippen LogP contribution in [0.25, 0.3) is 16.7 Å². The van der Waals surface area contributed by atoms with Gasteiger partial charge in [0.25, 0.3) is 5.56 Å². The van der Waals surface area contributed by atoms with Gasteiger partial charge in [0.05, 0.1) is 10.9 Å². The molecule has 0 saturated carbocycles. The molecule has 5 nitrogen and oxygen atoms in total. The Kier molecular flexibility index (Phi) is 2.11. The molecule has 0 atom stereocenters. The molecule has 0 amide bonds. The second-order valence-electron chi connectivity index (χ2n) is 3.69. The SMILES string of the molecule is Cn1c(=O)c2ccc(Cl)cc2n2c(=S)[nH]nc12. The number of hydrogen-bond donors (Lipinski definition) is 1. The van der Waals surface area contributed by atoms with Crippen LogP contribution < -0.4 is 5.56 Å². The smallest absolute Gasteiger partial charge is 0.262 e. The summed E-state index contributed by atoms with van der Waals surface area (Å²) in [4.78, 5) is 12.1. The Morgan fingerprint density at radius 3 is 3.00 bits per heavy atom. The molecule has 3 aromatic rings. The lowest BCUT2D eigenvalue weighted by molar-refractivity contribution is 0.859. The van der Waals surface area contributed by atoms with Crippen LogP contribution in [-0.2, 0) is 7.05 Å². The number of rotatable bonds is 0. The van der Waals surface area contributed by atoms with Crippen molar-refractivity contribution in [2.75, 3.05) is 0 Å². The minimum Gasteiger partial charge on any atom is -0.279 e. The zero-order valence-electron chi connectivity index (χ0n) is 8.77. The molecule has 0 aliphatic rings. The van der Waals surface area contributed by atoms with Crippen LogP contribution in [0.1, 0.15) is 0 Å². The second kappa shape index (κ2) is 3.41. The Bertz CT molecular complexity index is 860. The molecule has 0 bridgehead atoms. The molecule has 0 saturated heterocycles. The lowest BCUT2D eigenvalue weighted by atomic mass is 10.2. The quantitative estimate of drug-likeness (QED) is 0.632. The fourth-order valence-electron chi connectivity index (χ4n) is 1.87. The van der Waals surface area contributed by atoms with Crippen LogP contribution in [0, 0.1) is 4.77 Å². The Morgan fingerprint density at radius 1 is 1.47 bits per heavy atom. The standard InChI is InChI=1S/C10H7ClN4OS/c1-14-8(16)6-3-2-5(11)4-7(6)15-9(14)12-13-10(15)17/h2-4H,1H3,(H,13,17). The number of nitrogens with one attached hydrogen (secondary N) is 1. The lowest BCUT2D eigenvalue weighted by Crippen LogP contribution is -2.20. The van der Waals surface area contributed by atoms with Gasteiger partial charge in [-0.2, -0.15) is 0 Å². The molecular formula is C10H7ClN4OS. The van der Waals surface area contributed by atoms with E-state index < -0.39 is 0 Å². The fourth-order valence-corrected chi connectivity index (χ4v) is 2.26. The number of hydrogen-bond acceptors (Lipinski definition) is 3. The predicted octanol–water partition coefficient (Wildman–Crippen LogP) is 1.90. The van der Waals surface area contributed by atoms with Gasteiger partial charge in [-0.25, -0.2) is 5.10 Å². The highest BCUT2D eigenvalue weighted by molar-refractivity contribution is 7.71. The molecule has 17 heavy (non-hydrogen) atoms. The van der Waals surface area contributed by atoms with Crippen LogP contribution in [0.3, 0.4) is 0 Å². The summed E-state index contributed by atoms with van der Waals surface area (Å²) in [5, 5.41) is 7.80. The molecule has 86 valence electrons. The van der Waals surface area contributed by atoms with Crippen LogP contribution in [0.4, 0.5) is 0 Å². The normalized spacial score (nSPS) is 11.4. The second-order valence-corrected chi connectivity index (χ2v) is 4.51. The van der Waals surface area contributed by atoms with Crippen LogP contribution in [0.15, 0.2) is 23.0 Å². The lowest BCUT2D eigenvalue weighted by Gasteiger charge is -2.05. The maximum absolute atomic E-state index is 12.1. The van der Waals surface area contributed by atoms with Gasteiger partial charge in [0.1, 0.15) is 0 Å². The van der Waals surface area contributed by atoms with E-state index in [1.165, 1.54) is 4.57 Å². The number of fused-ring (bicyclic) bond motifs is 3. The topological polar surface area (TPSA) is 55.1 Å². The molecule has 7 heteroatoms. The highest BCUT2D eigenvalue weighted by Gasteiger charge is 2.10. The molecule has 1 N–H and O–H groups in total. The molecule has 2 aromatic heterocycles. The van der Waals surface area contributed by atoms with Crippen molar-refractivity contribution in [3.8, 4) is 0 Å². The highest BCUT2D eigenvalue weighted by atomic mass is 35.5. The van der Waals surface area contributed by atoms with Gasteiger partial charge in [0.2, 0.25) is 10.5 Å². The van der Waals surface area contributed by atoms with E-state index in [0.717, 1.165) is 0 Å². The highest BCUT2D eigenvalue weighted by Crippen LogP contribution is 2.17. The van der Waals surface area contributed by atoms with Crippen molar-refractivity contribution in [2.24, 2.45) is 7.05 Å². The van der Waals surface area contributed by atoms with E-state index >= 15 is 0 Å². The monoisotopic (exact) mass is 266 g/mol. The van der Waals surface area contributed by atoms with Gasteiger partial charge < -0.3 is 0 Å². The summed E-state index contributed by atoms with van der Waals surface area (Å²) in [6, 6.07) is 5.08. The molecule has 3 rings (SSSR count). The first-order valence-electron chi connectivity index (χ1n) is 4.85. The Balaban J connectivity index is 2.79. The summed E-state index contributed by atoms with van der Waals surface area (Å²) >= 11 is 11.1. The Labute approximate surface area is 105 Å². The number of aryl methyl sites for hydroxylation is 1. The van der Waals surface area contributed by atoms with Crippen molar-refractivity contribution in [1.82, 2.24) is 19.2 Å². The van der Waals surface area contributed by atoms with E-state index in [9.17, 15) is 4.79 Å². The van der Waals surface area contributed by atoms with Gasteiger partial charge in [-0.05, 0) is 30.4 Å². The van der Waals surface area contributed by atoms with Crippen LogP contribution >= 0.6 is 23.8 Å². The average Bonchev–Trinajstić information content (AvgIpc) is 2.68. The largest absolute Gasteiger partial charge is 0.279 e. The van der Waals surface area contributed by atoms with E-state index in [0.29, 0.717) is 26.5 Å². The van der Waals surface area contributed by atoms with Gasteiger partial charge in [0.15, 0.2) is 0 Å². The van der Waals surface area contributed by atoms with Gasteiger partial charge in [0, 0.05) is 12.1 Å². The maximum Gasteiger partial charge on any atom is 0.262 e. The number of aromatic nitrogens is 4. The van der Waals surface area contributed by atoms with Crippen molar-refractivity contribution in [2.45, 2.75) is 0 Å². The number of nitrogens with zero attached hydrogens (tertiary/aromatic N) is 3. The van der Waals surface area contributed by atoms with E-state index in [2.05, 4.69) is 10.2 Å². The van der Waals surface area contributed by atoms with Crippen molar-refractivity contribution in [3.05, 3.63) is 38.3 Å². The van der Waals surface area contributed by atoms with E-state index in [-0.39, 0.29) is 5.56 Å². The third kappa shape index (κ3) is 1.34. The summed E-state index contributed by atoms with van der Waals surface area (Å²) < 4.78 is 3.57. The molecule has 0 spiro atoms. The van der Waals surface area contributed by atoms with Crippen molar-refractivity contribution >= 4 is 40.5 Å².